The Morgan fingerprint density at radius 3 is 1.88 bits per heavy atom. The van der Waals surface area contributed by atoms with Gasteiger partial charge >= 0.3 is 11.2 Å². The zero-order valence-corrected chi connectivity index (χ0v) is 24.6. The molecule has 4 fully saturated rings. The number of benzene rings is 3. The van der Waals surface area contributed by atoms with Crippen molar-refractivity contribution < 1.29 is 31.3 Å². The molecular formula is C32H34F2O5S2. The zero-order valence-electron chi connectivity index (χ0n) is 22.8. The monoisotopic (exact) mass is 600 g/mol. The molecule has 7 rings (SSSR count). The summed E-state index contributed by atoms with van der Waals surface area (Å²) in [4.78, 5) is 13.6. The molecule has 0 radical (unpaired) electrons. The molecule has 3 aromatic rings. The van der Waals surface area contributed by atoms with E-state index in [9.17, 15) is 26.5 Å². The van der Waals surface area contributed by atoms with Gasteiger partial charge in [0.25, 0.3) is 0 Å². The lowest BCUT2D eigenvalue weighted by molar-refractivity contribution is -0.176. The minimum absolute atomic E-state index is 0.438. The van der Waals surface area contributed by atoms with Crippen LogP contribution in [0.1, 0.15) is 38.5 Å². The van der Waals surface area contributed by atoms with Crippen LogP contribution < -0.4 is 0 Å². The average Bonchev–Trinajstić information content (AvgIpc) is 2.95. The minimum atomic E-state index is -5.81. The van der Waals surface area contributed by atoms with Crippen molar-refractivity contribution in [1.29, 1.82) is 0 Å². The second-order valence-electron chi connectivity index (χ2n) is 11.5. The number of alkyl halides is 2. The predicted octanol–water partition coefficient (Wildman–Crippen LogP) is 6.71. The average molecular weight is 601 g/mol. The SMILES string of the molecule is C[SH+]c1cccc(-c2ccccc2)c1-c1ccccc1.O=C(OCC(F)(F)S(=O)(=O)[O-])C12CC3CC(CC(C3)C1)C2. The molecular weight excluding hydrogens is 566 g/mol. The number of carbonyl (C=O) groups excluding carboxylic acids is 1. The van der Waals surface area contributed by atoms with Crippen molar-refractivity contribution in [2.24, 2.45) is 23.2 Å². The lowest BCUT2D eigenvalue weighted by Crippen LogP contribution is -2.51. The van der Waals surface area contributed by atoms with E-state index in [2.05, 4.69) is 89.9 Å². The second kappa shape index (κ2) is 11.9. The zero-order chi connectivity index (χ0) is 29.3. The predicted molar refractivity (Wildman–Crippen MR) is 156 cm³/mol. The molecule has 0 aliphatic heterocycles. The van der Waals surface area contributed by atoms with Crippen LogP contribution in [-0.4, -0.2) is 37.1 Å². The summed E-state index contributed by atoms with van der Waals surface area (Å²) in [5.41, 5.74) is 4.48. The summed E-state index contributed by atoms with van der Waals surface area (Å²) < 4.78 is 62.0. The van der Waals surface area contributed by atoms with E-state index in [4.69, 9.17) is 0 Å². The van der Waals surface area contributed by atoms with Gasteiger partial charge < -0.3 is 9.29 Å². The molecule has 4 bridgehead atoms. The fourth-order valence-corrected chi connectivity index (χ4v) is 8.14. The summed E-state index contributed by atoms with van der Waals surface area (Å²) >= 11 is 1.30. The quantitative estimate of drug-likeness (QED) is 0.130. The van der Waals surface area contributed by atoms with Crippen LogP contribution in [0.5, 0.6) is 0 Å². The highest BCUT2D eigenvalue weighted by atomic mass is 32.2. The Bertz CT molecular complexity index is 1440. The Kier molecular flexibility index (Phi) is 8.60. The maximum Gasteiger partial charge on any atom is 0.367 e. The van der Waals surface area contributed by atoms with Crippen molar-refractivity contribution >= 4 is 27.8 Å². The first-order chi connectivity index (χ1) is 19.5. The van der Waals surface area contributed by atoms with Gasteiger partial charge in [-0.15, -0.1) is 0 Å². The second-order valence-corrected chi connectivity index (χ2v) is 14.0. The molecule has 0 saturated heterocycles. The van der Waals surface area contributed by atoms with Gasteiger partial charge in [-0.25, -0.2) is 8.42 Å². The summed E-state index contributed by atoms with van der Waals surface area (Å²) in [5.74, 6) is 0.553. The molecule has 9 heteroatoms. The first-order valence-corrected chi connectivity index (χ1v) is 16.6. The van der Waals surface area contributed by atoms with E-state index in [0.717, 1.165) is 19.3 Å². The number of rotatable bonds is 7. The van der Waals surface area contributed by atoms with Crippen LogP contribution >= 0.6 is 0 Å². The molecule has 0 N–H and O–H groups in total. The fraction of sp³-hybridized carbons (Fsp3) is 0.406. The van der Waals surface area contributed by atoms with Crippen LogP contribution in [-0.2, 0) is 31.4 Å². The Labute approximate surface area is 244 Å². The van der Waals surface area contributed by atoms with E-state index in [1.807, 2.05) is 0 Å². The number of halogens is 2. The Hall–Kier alpha value is -2.75. The third-order valence-electron chi connectivity index (χ3n) is 8.64. The molecule has 4 aliphatic carbocycles. The van der Waals surface area contributed by atoms with Gasteiger partial charge in [-0.1, -0.05) is 72.8 Å². The van der Waals surface area contributed by atoms with E-state index in [1.165, 1.54) is 38.9 Å². The number of thiol groups is 1. The molecule has 4 saturated carbocycles. The van der Waals surface area contributed by atoms with Gasteiger partial charge in [0, 0.05) is 17.3 Å². The molecule has 4 aliphatic rings. The number of ether oxygens (including phenoxy) is 1. The fourth-order valence-electron chi connectivity index (χ4n) is 7.23. The third-order valence-corrected chi connectivity index (χ3v) is 10.3. The van der Waals surface area contributed by atoms with Crippen LogP contribution in [0.25, 0.3) is 22.3 Å². The summed E-state index contributed by atoms with van der Waals surface area (Å²) in [6.45, 7) is -1.68. The highest BCUT2D eigenvalue weighted by Gasteiger charge is 2.56. The van der Waals surface area contributed by atoms with Crippen molar-refractivity contribution in [2.45, 2.75) is 48.7 Å². The molecule has 5 nitrogen and oxygen atoms in total. The maximum absolute atomic E-state index is 13.1. The number of carbonyl (C=O) groups is 1. The van der Waals surface area contributed by atoms with Crippen molar-refractivity contribution in [1.82, 2.24) is 0 Å². The molecule has 0 aromatic heterocycles. The largest absolute Gasteiger partial charge is 0.743 e. The Morgan fingerprint density at radius 2 is 1.39 bits per heavy atom. The number of hydrogen-bond acceptors (Lipinski definition) is 5. The van der Waals surface area contributed by atoms with E-state index >= 15 is 0 Å². The van der Waals surface area contributed by atoms with Gasteiger partial charge in [-0.05, 0) is 79.0 Å². The Balaban J connectivity index is 0.000000165. The summed E-state index contributed by atoms with van der Waals surface area (Å²) in [7, 11) is -5.81. The van der Waals surface area contributed by atoms with Crippen LogP contribution in [0.3, 0.4) is 0 Å². The van der Waals surface area contributed by atoms with Gasteiger partial charge in [0.2, 0.25) is 0 Å². The first-order valence-electron chi connectivity index (χ1n) is 13.9. The summed E-state index contributed by atoms with van der Waals surface area (Å²) in [6.07, 6.45) is 7.33. The topological polar surface area (TPSA) is 83.5 Å². The van der Waals surface area contributed by atoms with Crippen molar-refractivity contribution in [2.75, 3.05) is 12.9 Å². The number of esters is 1. The molecule has 0 atom stereocenters. The van der Waals surface area contributed by atoms with Gasteiger partial charge in [-0.2, -0.15) is 8.78 Å². The van der Waals surface area contributed by atoms with Gasteiger partial charge in [-0.3, -0.25) is 4.79 Å². The van der Waals surface area contributed by atoms with Crippen LogP contribution in [0.15, 0.2) is 83.8 Å². The van der Waals surface area contributed by atoms with Gasteiger partial charge in [0.1, 0.15) is 6.26 Å². The van der Waals surface area contributed by atoms with Crippen LogP contribution in [0, 0.1) is 23.2 Å². The van der Waals surface area contributed by atoms with E-state index in [1.54, 1.807) is 0 Å². The molecule has 218 valence electrons. The smallest absolute Gasteiger partial charge is 0.367 e. The van der Waals surface area contributed by atoms with E-state index in [-0.39, 0.29) is 0 Å². The van der Waals surface area contributed by atoms with Crippen LogP contribution in [0.4, 0.5) is 8.78 Å². The van der Waals surface area contributed by atoms with Crippen molar-refractivity contribution in [3.8, 4) is 22.3 Å². The molecule has 3 aromatic carbocycles. The van der Waals surface area contributed by atoms with Crippen molar-refractivity contribution in [3.63, 3.8) is 0 Å². The van der Waals surface area contributed by atoms with Crippen molar-refractivity contribution in [3.05, 3.63) is 78.9 Å². The summed E-state index contributed by atoms with van der Waals surface area (Å²) in [5, 5.41) is -4.56. The molecule has 0 heterocycles. The minimum Gasteiger partial charge on any atom is -0.743 e. The molecule has 0 unspecified atom stereocenters. The standard InChI is InChI=1S/C19H16S.C13H18F2O5S/c1-20-18-14-8-13-17(15-9-4-2-5-10-15)19(18)16-11-6-3-7-12-16;14-13(15,21(17,18)19)7-20-11(16)12-4-8-1-9(5-12)3-10(2-8)6-12/h2-14H,1H3;8-10H,1-7H2,(H,17,18,19). The van der Waals surface area contributed by atoms with Gasteiger partial charge in [0.15, 0.2) is 21.6 Å². The van der Waals surface area contributed by atoms with Gasteiger partial charge in [0.05, 0.1) is 5.41 Å². The maximum atomic E-state index is 13.1. The van der Waals surface area contributed by atoms with Crippen LogP contribution in [0.2, 0.25) is 0 Å². The first kappa shape index (κ1) is 29.7. The molecule has 41 heavy (non-hydrogen) atoms. The van der Waals surface area contributed by atoms with E-state index < -0.39 is 33.4 Å². The third kappa shape index (κ3) is 6.37. The lowest BCUT2D eigenvalue weighted by atomic mass is 9.49. The summed E-state index contributed by atoms with van der Waals surface area (Å²) in [6, 6.07) is 27.9. The number of hydrogen-bond donors (Lipinski definition) is 0. The Morgan fingerprint density at radius 1 is 0.878 bits per heavy atom. The molecule has 0 amide bonds. The lowest BCUT2D eigenvalue weighted by Gasteiger charge is -2.55. The molecule has 0 spiro atoms. The normalized spacial score (nSPS) is 24.8. The highest BCUT2D eigenvalue weighted by Crippen LogP contribution is 2.60. The highest BCUT2D eigenvalue weighted by molar-refractivity contribution is 7.86. The van der Waals surface area contributed by atoms with E-state index in [0.29, 0.717) is 37.0 Å².